The lowest BCUT2D eigenvalue weighted by Gasteiger charge is -2.40. The van der Waals surface area contributed by atoms with Gasteiger partial charge in [-0.25, -0.2) is 8.78 Å². The quantitative estimate of drug-likeness (QED) is 0.766. The molecule has 1 saturated carbocycles. The fraction of sp³-hybridized carbons (Fsp3) is 0.538. The van der Waals surface area contributed by atoms with E-state index in [1.807, 2.05) is 6.92 Å². The number of hydrogen-bond acceptors (Lipinski definition) is 2. The van der Waals surface area contributed by atoms with E-state index in [2.05, 4.69) is 0 Å². The molecule has 1 fully saturated rings. The molecule has 0 radical (unpaired) electrons. The van der Waals surface area contributed by atoms with Crippen molar-refractivity contribution in [3.63, 3.8) is 0 Å². The molecule has 1 aliphatic carbocycles. The molecule has 1 aliphatic rings. The van der Waals surface area contributed by atoms with Gasteiger partial charge in [0.1, 0.15) is 18.0 Å². The highest BCUT2D eigenvalue weighted by molar-refractivity contribution is 6.21. The monoisotopic (exact) mass is 276 g/mol. The maximum atomic E-state index is 13.4. The van der Waals surface area contributed by atoms with Gasteiger partial charge in [0.25, 0.3) is 0 Å². The van der Waals surface area contributed by atoms with Crippen LogP contribution >= 0.6 is 11.6 Å². The summed E-state index contributed by atoms with van der Waals surface area (Å²) in [4.78, 5) is 0. The second-order valence-electron chi connectivity index (χ2n) is 4.32. The molecule has 0 heterocycles. The molecular formula is C13H15ClF2O2. The highest BCUT2D eigenvalue weighted by Gasteiger charge is 2.43. The predicted octanol–water partition coefficient (Wildman–Crippen LogP) is 3.52. The van der Waals surface area contributed by atoms with Crippen LogP contribution in [0.3, 0.4) is 0 Å². The molecule has 0 N–H and O–H groups in total. The summed E-state index contributed by atoms with van der Waals surface area (Å²) in [6.45, 7) is 2.57. The summed E-state index contributed by atoms with van der Waals surface area (Å²) < 4.78 is 37.3. The van der Waals surface area contributed by atoms with Crippen molar-refractivity contribution in [2.24, 2.45) is 0 Å². The Balaban J connectivity index is 1.98. The van der Waals surface area contributed by atoms with Gasteiger partial charge in [-0.2, -0.15) is 0 Å². The molecule has 3 unspecified atom stereocenters. The van der Waals surface area contributed by atoms with E-state index in [0.717, 1.165) is 24.6 Å². The Morgan fingerprint density at radius 2 is 2.17 bits per heavy atom. The predicted molar refractivity (Wildman–Crippen MR) is 65.1 cm³/mol. The average Bonchev–Trinajstić information content (AvgIpc) is 2.33. The van der Waals surface area contributed by atoms with Gasteiger partial charge >= 0.3 is 0 Å². The zero-order valence-electron chi connectivity index (χ0n) is 10.0. The summed E-state index contributed by atoms with van der Waals surface area (Å²) in [6, 6.07) is 3.13. The average molecular weight is 277 g/mol. The molecular weight excluding hydrogens is 262 g/mol. The number of alkyl halides is 1. The maximum Gasteiger partial charge on any atom is 0.165 e. The first kappa shape index (κ1) is 13.6. The van der Waals surface area contributed by atoms with Crippen LogP contribution in [-0.2, 0) is 4.74 Å². The van der Waals surface area contributed by atoms with E-state index in [1.54, 1.807) is 0 Å². The summed E-state index contributed by atoms with van der Waals surface area (Å²) in [5.74, 6) is -1.20. The Morgan fingerprint density at radius 3 is 2.83 bits per heavy atom. The molecule has 0 aromatic heterocycles. The zero-order valence-corrected chi connectivity index (χ0v) is 10.8. The molecule has 2 rings (SSSR count). The van der Waals surface area contributed by atoms with Crippen LogP contribution in [0.5, 0.6) is 5.75 Å². The zero-order chi connectivity index (χ0) is 13.1. The van der Waals surface area contributed by atoms with E-state index >= 15 is 0 Å². The van der Waals surface area contributed by atoms with E-state index in [-0.39, 0.29) is 23.3 Å². The number of hydrogen-bond donors (Lipinski definition) is 0. The highest BCUT2D eigenvalue weighted by atomic mass is 35.5. The molecule has 0 amide bonds. The normalized spacial score (nSPS) is 26.8. The maximum absolute atomic E-state index is 13.4. The minimum atomic E-state index is -0.580. The molecule has 5 heteroatoms. The first-order valence-corrected chi connectivity index (χ1v) is 6.43. The lowest BCUT2D eigenvalue weighted by molar-refractivity contribution is -0.0808. The Hall–Kier alpha value is -0.870. The van der Waals surface area contributed by atoms with Crippen LogP contribution in [0, 0.1) is 11.6 Å². The van der Waals surface area contributed by atoms with E-state index in [1.165, 1.54) is 0 Å². The fourth-order valence-corrected chi connectivity index (χ4v) is 2.25. The topological polar surface area (TPSA) is 18.5 Å². The molecule has 3 atom stereocenters. The lowest BCUT2D eigenvalue weighted by Crippen LogP contribution is -2.52. The second kappa shape index (κ2) is 5.85. The van der Waals surface area contributed by atoms with Crippen LogP contribution in [0.4, 0.5) is 8.78 Å². The van der Waals surface area contributed by atoms with E-state index < -0.39 is 11.6 Å². The van der Waals surface area contributed by atoms with E-state index in [9.17, 15) is 8.78 Å². The first-order chi connectivity index (χ1) is 8.61. The molecule has 18 heavy (non-hydrogen) atoms. The summed E-state index contributed by atoms with van der Waals surface area (Å²) in [6.07, 6.45) is 0.886. The Labute approximate surface area is 110 Å². The van der Waals surface area contributed by atoms with Crippen LogP contribution in [0.2, 0.25) is 0 Å². The third-order valence-corrected chi connectivity index (χ3v) is 3.29. The van der Waals surface area contributed by atoms with E-state index in [4.69, 9.17) is 21.1 Å². The third-order valence-electron chi connectivity index (χ3n) is 2.87. The summed E-state index contributed by atoms with van der Waals surface area (Å²) >= 11 is 6.01. The Kier molecular flexibility index (Phi) is 4.40. The van der Waals surface area contributed by atoms with Crippen molar-refractivity contribution in [1.29, 1.82) is 0 Å². The number of halogens is 3. The minimum absolute atomic E-state index is 0.0892. The second-order valence-corrected chi connectivity index (χ2v) is 4.88. The SMILES string of the molecule is CCCOC1C(Cl)CC1Oc1cc(F)ccc1F. The standard InChI is InChI=1S/C13H15ClF2O2/c1-2-5-17-13-9(14)7-12(13)18-11-6-8(15)3-4-10(11)16/h3-4,6,9,12-13H,2,5,7H2,1H3. The van der Waals surface area contributed by atoms with Crippen LogP contribution in [0.1, 0.15) is 19.8 Å². The van der Waals surface area contributed by atoms with Crippen molar-refractivity contribution in [3.8, 4) is 5.75 Å². The smallest absolute Gasteiger partial charge is 0.165 e. The van der Waals surface area contributed by atoms with Gasteiger partial charge in [0.15, 0.2) is 11.6 Å². The molecule has 100 valence electrons. The van der Waals surface area contributed by atoms with E-state index in [0.29, 0.717) is 13.0 Å². The van der Waals surface area contributed by atoms with Gasteiger partial charge in [-0.15, -0.1) is 11.6 Å². The van der Waals surface area contributed by atoms with Crippen molar-refractivity contribution in [3.05, 3.63) is 29.8 Å². The van der Waals surface area contributed by atoms with Gasteiger partial charge in [0.05, 0.1) is 5.38 Å². The van der Waals surface area contributed by atoms with Gasteiger partial charge in [-0.3, -0.25) is 0 Å². The molecule has 0 bridgehead atoms. The number of ether oxygens (including phenoxy) is 2. The van der Waals surface area contributed by atoms with Crippen LogP contribution < -0.4 is 4.74 Å². The van der Waals surface area contributed by atoms with Crippen LogP contribution in [-0.4, -0.2) is 24.2 Å². The molecule has 2 nitrogen and oxygen atoms in total. The van der Waals surface area contributed by atoms with Crippen molar-refractivity contribution >= 4 is 11.6 Å². The van der Waals surface area contributed by atoms with Gasteiger partial charge in [0.2, 0.25) is 0 Å². The molecule has 1 aromatic rings. The fourth-order valence-electron chi connectivity index (χ4n) is 1.84. The largest absolute Gasteiger partial charge is 0.484 e. The van der Waals surface area contributed by atoms with Gasteiger partial charge < -0.3 is 9.47 Å². The molecule has 1 aromatic carbocycles. The summed E-state index contributed by atoms with van der Waals surface area (Å²) in [7, 11) is 0. The molecule has 0 spiro atoms. The summed E-state index contributed by atoms with van der Waals surface area (Å²) in [5, 5.41) is -0.127. The lowest BCUT2D eigenvalue weighted by atomic mass is 9.91. The summed E-state index contributed by atoms with van der Waals surface area (Å²) in [5.41, 5.74) is 0. The number of benzene rings is 1. The minimum Gasteiger partial charge on any atom is -0.484 e. The molecule has 0 saturated heterocycles. The highest BCUT2D eigenvalue weighted by Crippen LogP contribution is 2.34. The Bertz CT molecular complexity index is 414. The van der Waals surface area contributed by atoms with Crippen molar-refractivity contribution < 1.29 is 18.3 Å². The van der Waals surface area contributed by atoms with Crippen molar-refractivity contribution in [2.75, 3.05) is 6.61 Å². The van der Waals surface area contributed by atoms with Gasteiger partial charge in [-0.05, 0) is 18.6 Å². The van der Waals surface area contributed by atoms with Gasteiger partial charge in [-0.1, -0.05) is 6.92 Å². The first-order valence-electron chi connectivity index (χ1n) is 5.99. The Morgan fingerprint density at radius 1 is 1.39 bits per heavy atom. The van der Waals surface area contributed by atoms with Crippen molar-refractivity contribution in [1.82, 2.24) is 0 Å². The van der Waals surface area contributed by atoms with Gasteiger partial charge in [0, 0.05) is 19.1 Å². The number of rotatable bonds is 5. The molecule has 0 aliphatic heterocycles. The third kappa shape index (κ3) is 2.93. The van der Waals surface area contributed by atoms with Crippen LogP contribution in [0.15, 0.2) is 18.2 Å². The van der Waals surface area contributed by atoms with Crippen molar-refractivity contribution in [2.45, 2.75) is 37.4 Å². The van der Waals surface area contributed by atoms with Crippen LogP contribution in [0.25, 0.3) is 0 Å².